The SMILES string of the molecule is CCN1CC2CCCCCCC23CCCCC3C1=O. The quantitative estimate of drug-likeness (QED) is 0.700. The number of carbonyl (C=O) groups excluding carboxylic acids is 1. The Balaban J connectivity index is 1.91. The molecule has 0 aromatic carbocycles. The number of carbonyl (C=O) groups is 1. The van der Waals surface area contributed by atoms with Crippen LogP contribution < -0.4 is 0 Å². The molecule has 2 heteroatoms. The topological polar surface area (TPSA) is 20.3 Å². The summed E-state index contributed by atoms with van der Waals surface area (Å²) in [6, 6.07) is 0. The fourth-order valence-electron chi connectivity index (χ4n) is 5.25. The molecule has 1 heterocycles. The zero-order chi connectivity index (χ0) is 13.3. The Morgan fingerprint density at radius 1 is 1.05 bits per heavy atom. The van der Waals surface area contributed by atoms with E-state index in [0.29, 0.717) is 17.2 Å². The van der Waals surface area contributed by atoms with Crippen molar-refractivity contribution in [3.63, 3.8) is 0 Å². The first-order valence-electron chi connectivity index (χ1n) is 8.57. The Bertz CT molecular complexity index is 340. The minimum absolute atomic E-state index is 0.373. The highest BCUT2D eigenvalue weighted by molar-refractivity contribution is 5.81. The van der Waals surface area contributed by atoms with Crippen molar-refractivity contribution in [1.29, 1.82) is 0 Å². The number of piperidine rings is 1. The largest absolute Gasteiger partial charge is 0.342 e. The highest BCUT2D eigenvalue weighted by Gasteiger charge is 2.53. The van der Waals surface area contributed by atoms with E-state index in [1.165, 1.54) is 64.2 Å². The standard InChI is InChI=1S/C17H29NO/c1-2-18-13-14-9-5-3-4-7-11-17(14)12-8-6-10-15(17)16(18)19/h14-15H,2-13H2,1H3. The van der Waals surface area contributed by atoms with Crippen LogP contribution in [0.3, 0.4) is 0 Å². The van der Waals surface area contributed by atoms with E-state index in [1.54, 1.807) is 0 Å². The molecule has 0 bridgehead atoms. The molecule has 1 spiro atoms. The molecule has 2 nitrogen and oxygen atoms in total. The second-order valence-corrected chi connectivity index (χ2v) is 7.06. The molecule has 1 saturated heterocycles. The molecule has 0 aromatic rings. The summed E-state index contributed by atoms with van der Waals surface area (Å²) >= 11 is 0. The highest BCUT2D eigenvalue weighted by atomic mass is 16.2. The summed E-state index contributed by atoms with van der Waals surface area (Å²) in [6.07, 6.45) is 13.4. The van der Waals surface area contributed by atoms with Crippen LogP contribution in [0.2, 0.25) is 0 Å². The molecule has 3 fully saturated rings. The lowest BCUT2D eigenvalue weighted by molar-refractivity contribution is -0.158. The molecular formula is C17H29NO. The number of nitrogens with zero attached hydrogens (tertiary/aromatic N) is 1. The van der Waals surface area contributed by atoms with Crippen molar-refractivity contribution >= 4 is 5.91 Å². The number of amides is 1. The maximum absolute atomic E-state index is 12.8. The maximum Gasteiger partial charge on any atom is 0.226 e. The fourth-order valence-corrected chi connectivity index (χ4v) is 5.25. The van der Waals surface area contributed by atoms with Crippen LogP contribution in [0.25, 0.3) is 0 Å². The Hall–Kier alpha value is -0.530. The van der Waals surface area contributed by atoms with E-state index in [4.69, 9.17) is 0 Å². The first kappa shape index (κ1) is 13.5. The third-order valence-electron chi connectivity index (χ3n) is 6.27. The smallest absolute Gasteiger partial charge is 0.226 e. The third-order valence-corrected chi connectivity index (χ3v) is 6.27. The Kier molecular flexibility index (Phi) is 3.86. The average molecular weight is 263 g/mol. The van der Waals surface area contributed by atoms with Gasteiger partial charge in [-0.1, -0.05) is 38.5 Å². The Morgan fingerprint density at radius 2 is 1.74 bits per heavy atom. The molecule has 3 aliphatic rings. The van der Waals surface area contributed by atoms with Gasteiger partial charge in [-0.25, -0.2) is 0 Å². The van der Waals surface area contributed by atoms with Crippen molar-refractivity contribution in [2.24, 2.45) is 17.3 Å². The van der Waals surface area contributed by atoms with Crippen LogP contribution in [0.4, 0.5) is 0 Å². The van der Waals surface area contributed by atoms with E-state index in [2.05, 4.69) is 11.8 Å². The molecule has 2 aliphatic carbocycles. The minimum Gasteiger partial charge on any atom is -0.342 e. The van der Waals surface area contributed by atoms with Gasteiger partial charge in [0.25, 0.3) is 0 Å². The molecule has 108 valence electrons. The normalized spacial score (nSPS) is 40.1. The van der Waals surface area contributed by atoms with Crippen LogP contribution in [-0.4, -0.2) is 23.9 Å². The summed E-state index contributed by atoms with van der Waals surface area (Å²) in [5.74, 6) is 1.67. The van der Waals surface area contributed by atoms with Gasteiger partial charge in [-0.2, -0.15) is 0 Å². The van der Waals surface area contributed by atoms with Crippen molar-refractivity contribution in [3.8, 4) is 0 Å². The predicted octanol–water partition coefficient (Wildman–Crippen LogP) is 4.00. The lowest BCUT2D eigenvalue weighted by Gasteiger charge is -2.55. The van der Waals surface area contributed by atoms with Gasteiger partial charge in [0.05, 0.1) is 0 Å². The van der Waals surface area contributed by atoms with Crippen LogP contribution in [-0.2, 0) is 4.79 Å². The van der Waals surface area contributed by atoms with Gasteiger partial charge >= 0.3 is 0 Å². The van der Waals surface area contributed by atoms with Crippen molar-refractivity contribution in [3.05, 3.63) is 0 Å². The molecule has 1 aliphatic heterocycles. The highest BCUT2D eigenvalue weighted by Crippen LogP contribution is 2.55. The maximum atomic E-state index is 12.8. The summed E-state index contributed by atoms with van der Waals surface area (Å²) in [5.41, 5.74) is 0.404. The lowest BCUT2D eigenvalue weighted by Crippen LogP contribution is -2.58. The van der Waals surface area contributed by atoms with Gasteiger partial charge < -0.3 is 4.90 Å². The second kappa shape index (κ2) is 5.46. The van der Waals surface area contributed by atoms with E-state index in [-0.39, 0.29) is 0 Å². The van der Waals surface area contributed by atoms with E-state index in [9.17, 15) is 4.79 Å². The van der Waals surface area contributed by atoms with Crippen LogP contribution in [0.1, 0.15) is 71.1 Å². The molecule has 3 rings (SSSR count). The van der Waals surface area contributed by atoms with Crippen LogP contribution >= 0.6 is 0 Å². The minimum atomic E-state index is 0.373. The average Bonchev–Trinajstić information content (AvgIpc) is 2.42. The van der Waals surface area contributed by atoms with Gasteiger partial charge in [-0.3, -0.25) is 4.79 Å². The number of rotatable bonds is 1. The van der Waals surface area contributed by atoms with Crippen LogP contribution in [0.5, 0.6) is 0 Å². The van der Waals surface area contributed by atoms with Crippen molar-refractivity contribution in [2.75, 3.05) is 13.1 Å². The van der Waals surface area contributed by atoms with E-state index >= 15 is 0 Å². The number of hydrogen-bond acceptors (Lipinski definition) is 1. The molecule has 0 radical (unpaired) electrons. The lowest BCUT2D eigenvalue weighted by atomic mass is 9.54. The van der Waals surface area contributed by atoms with Gasteiger partial charge in [-0.05, 0) is 43.9 Å². The molecule has 3 atom stereocenters. The zero-order valence-electron chi connectivity index (χ0n) is 12.5. The Labute approximate surface area is 117 Å². The predicted molar refractivity (Wildman–Crippen MR) is 77.8 cm³/mol. The first-order valence-corrected chi connectivity index (χ1v) is 8.57. The van der Waals surface area contributed by atoms with Crippen molar-refractivity contribution in [1.82, 2.24) is 4.90 Å². The molecule has 0 aromatic heterocycles. The summed E-state index contributed by atoms with van der Waals surface area (Å²) in [6.45, 7) is 4.13. The first-order chi connectivity index (χ1) is 9.28. The van der Waals surface area contributed by atoms with E-state index < -0.39 is 0 Å². The summed E-state index contributed by atoms with van der Waals surface area (Å²) in [4.78, 5) is 14.9. The van der Waals surface area contributed by atoms with Crippen molar-refractivity contribution in [2.45, 2.75) is 71.1 Å². The zero-order valence-corrected chi connectivity index (χ0v) is 12.5. The summed E-state index contributed by atoms with van der Waals surface area (Å²) in [7, 11) is 0. The monoisotopic (exact) mass is 263 g/mol. The fraction of sp³-hybridized carbons (Fsp3) is 0.941. The van der Waals surface area contributed by atoms with Crippen molar-refractivity contribution < 1.29 is 4.79 Å². The second-order valence-electron chi connectivity index (χ2n) is 7.06. The van der Waals surface area contributed by atoms with Crippen LogP contribution in [0.15, 0.2) is 0 Å². The Morgan fingerprint density at radius 3 is 2.53 bits per heavy atom. The number of hydrogen-bond donors (Lipinski definition) is 0. The van der Waals surface area contributed by atoms with Gasteiger partial charge in [0.1, 0.15) is 0 Å². The molecular weight excluding hydrogens is 234 g/mol. The van der Waals surface area contributed by atoms with Gasteiger partial charge in [-0.15, -0.1) is 0 Å². The third kappa shape index (κ3) is 2.21. The summed E-state index contributed by atoms with van der Waals surface area (Å²) in [5, 5.41) is 0. The molecule has 3 unspecified atom stereocenters. The molecule has 1 amide bonds. The number of likely N-dealkylation sites (tertiary alicyclic amines) is 1. The van der Waals surface area contributed by atoms with Crippen LogP contribution in [0, 0.1) is 17.3 Å². The van der Waals surface area contributed by atoms with E-state index in [0.717, 1.165) is 19.0 Å². The molecule has 0 N–H and O–H groups in total. The molecule has 19 heavy (non-hydrogen) atoms. The van der Waals surface area contributed by atoms with Gasteiger partial charge in [0.15, 0.2) is 0 Å². The van der Waals surface area contributed by atoms with Gasteiger partial charge in [0.2, 0.25) is 5.91 Å². The van der Waals surface area contributed by atoms with Gasteiger partial charge in [0, 0.05) is 19.0 Å². The summed E-state index contributed by atoms with van der Waals surface area (Å²) < 4.78 is 0. The van der Waals surface area contributed by atoms with E-state index in [1.807, 2.05) is 0 Å². The molecule has 2 saturated carbocycles.